The quantitative estimate of drug-likeness (QED) is 0.846. The number of benzene rings is 2. The van der Waals surface area contributed by atoms with Crippen LogP contribution in [0.2, 0.25) is 0 Å². The van der Waals surface area contributed by atoms with Gasteiger partial charge >= 0.3 is 0 Å². The number of fused-ring (bicyclic) bond motifs is 1. The van der Waals surface area contributed by atoms with Crippen LogP contribution in [0.15, 0.2) is 49.1 Å². The average molecular weight is 250 g/mol. The molecule has 0 fully saturated rings. The molecule has 0 aromatic heterocycles. The molecule has 0 bridgehead atoms. The van der Waals surface area contributed by atoms with Gasteiger partial charge in [0.1, 0.15) is 5.75 Å². The first kappa shape index (κ1) is 13.6. The predicted molar refractivity (Wildman–Crippen MR) is 74.9 cm³/mol. The molecule has 2 aromatic carbocycles. The fourth-order valence-electron chi connectivity index (χ4n) is 1.71. The summed E-state index contributed by atoms with van der Waals surface area (Å²) in [5.41, 5.74) is 6.98. The Kier molecular flexibility index (Phi) is 4.55. The Morgan fingerprint density at radius 1 is 1.18 bits per heavy atom. The molecule has 0 spiro atoms. The fourth-order valence-corrected chi connectivity index (χ4v) is 1.71. The first-order valence-corrected chi connectivity index (χ1v) is 5.20. The van der Waals surface area contributed by atoms with E-state index in [0.717, 1.165) is 22.1 Å². The van der Waals surface area contributed by atoms with Gasteiger partial charge in [-0.1, -0.05) is 24.3 Å². The number of ether oxygens (including phenoxy) is 1. The van der Waals surface area contributed by atoms with Gasteiger partial charge in [-0.25, -0.2) is 0 Å². The van der Waals surface area contributed by atoms with Gasteiger partial charge in [-0.05, 0) is 34.5 Å². The van der Waals surface area contributed by atoms with E-state index in [-0.39, 0.29) is 18.4 Å². The maximum atomic E-state index is 5.90. The Hall–Kier alpha value is -1.51. The highest BCUT2D eigenvalue weighted by atomic mass is 35.5. The van der Waals surface area contributed by atoms with Gasteiger partial charge in [-0.2, -0.15) is 0 Å². The normalized spacial score (nSPS) is 11.6. The van der Waals surface area contributed by atoms with Crippen LogP contribution in [0.3, 0.4) is 0 Å². The van der Waals surface area contributed by atoms with E-state index in [1.165, 1.54) is 0 Å². The minimum Gasteiger partial charge on any atom is -0.497 e. The summed E-state index contributed by atoms with van der Waals surface area (Å²) in [4.78, 5) is 0. The third-order valence-corrected chi connectivity index (χ3v) is 2.71. The van der Waals surface area contributed by atoms with E-state index in [2.05, 4.69) is 18.7 Å². The molecule has 2 nitrogen and oxygen atoms in total. The van der Waals surface area contributed by atoms with E-state index in [9.17, 15) is 0 Å². The molecule has 0 aliphatic rings. The van der Waals surface area contributed by atoms with Gasteiger partial charge in [0, 0.05) is 6.04 Å². The lowest BCUT2D eigenvalue weighted by molar-refractivity contribution is 0.415. The second-order valence-corrected chi connectivity index (χ2v) is 3.73. The van der Waals surface area contributed by atoms with Gasteiger partial charge in [0.2, 0.25) is 0 Å². The summed E-state index contributed by atoms with van der Waals surface area (Å²) in [6, 6.07) is 12.1. The Morgan fingerprint density at radius 2 is 1.82 bits per heavy atom. The van der Waals surface area contributed by atoms with Crippen molar-refractivity contribution >= 4 is 23.2 Å². The Balaban J connectivity index is 0.00000144. The topological polar surface area (TPSA) is 35.2 Å². The summed E-state index contributed by atoms with van der Waals surface area (Å²) >= 11 is 0. The molecule has 2 aromatic rings. The van der Waals surface area contributed by atoms with Crippen LogP contribution >= 0.6 is 12.4 Å². The smallest absolute Gasteiger partial charge is 0.119 e. The first-order chi connectivity index (χ1) is 7.74. The minimum atomic E-state index is -0.105. The monoisotopic (exact) mass is 249 g/mol. The van der Waals surface area contributed by atoms with Crippen LogP contribution in [0.5, 0.6) is 5.75 Å². The lowest BCUT2D eigenvalue weighted by atomic mass is 10.0. The van der Waals surface area contributed by atoms with Crippen LogP contribution in [0.25, 0.3) is 10.8 Å². The largest absolute Gasteiger partial charge is 0.497 e. The summed E-state index contributed by atoms with van der Waals surface area (Å²) in [6.45, 7) is 3.70. The molecule has 17 heavy (non-hydrogen) atoms. The molecule has 3 heteroatoms. The van der Waals surface area contributed by atoms with Crippen molar-refractivity contribution in [3.05, 3.63) is 54.6 Å². The van der Waals surface area contributed by atoms with Gasteiger partial charge in [0.25, 0.3) is 0 Å². The summed E-state index contributed by atoms with van der Waals surface area (Å²) in [5, 5.41) is 2.31. The van der Waals surface area contributed by atoms with Gasteiger partial charge in [0.15, 0.2) is 0 Å². The van der Waals surface area contributed by atoms with Crippen molar-refractivity contribution in [2.75, 3.05) is 7.11 Å². The first-order valence-electron chi connectivity index (χ1n) is 5.20. The molecular formula is C14H16ClNO. The number of nitrogens with two attached hydrogens (primary N) is 1. The van der Waals surface area contributed by atoms with Crippen molar-refractivity contribution in [2.24, 2.45) is 5.73 Å². The summed E-state index contributed by atoms with van der Waals surface area (Å²) in [7, 11) is 1.67. The zero-order valence-corrected chi connectivity index (χ0v) is 10.5. The standard InChI is InChI=1S/C14H15NO.ClH/c1-3-14(15)12-5-4-11-9-13(16-2)7-6-10(11)8-12;/h3-9,14H,1,15H2,2H3;1H/t14-;/m1./s1. The van der Waals surface area contributed by atoms with Gasteiger partial charge in [0.05, 0.1) is 7.11 Å². The molecule has 0 saturated carbocycles. The molecule has 0 saturated heterocycles. The number of methoxy groups -OCH3 is 1. The zero-order valence-electron chi connectivity index (χ0n) is 9.72. The van der Waals surface area contributed by atoms with Crippen LogP contribution in [-0.2, 0) is 0 Å². The highest BCUT2D eigenvalue weighted by Crippen LogP contribution is 2.23. The maximum Gasteiger partial charge on any atom is 0.119 e. The van der Waals surface area contributed by atoms with Crippen LogP contribution in [0.1, 0.15) is 11.6 Å². The highest BCUT2D eigenvalue weighted by Gasteiger charge is 2.03. The third-order valence-electron chi connectivity index (χ3n) is 2.71. The van der Waals surface area contributed by atoms with Crippen LogP contribution in [0.4, 0.5) is 0 Å². The molecule has 0 radical (unpaired) electrons. The molecule has 2 N–H and O–H groups in total. The molecular weight excluding hydrogens is 234 g/mol. The van der Waals surface area contributed by atoms with E-state index in [1.807, 2.05) is 24.3 Å². The maximum absolute atomic E-state index is 5.90. The summed E-state index contributed by atoms with van der Waals surface area (Å²) < 4.78 is 5.18. The van der Waals surface area contributed by atoms with Crippen molar-refractivity contribution in [3.63, 3.8) is 0 Å². The Labute approximate surface area is 107 Å². The zero-order chi connectivity index (χ0) is 11.5. The van der Waals surface area contributed by atoms with Crippen LogP contribution in [0, 0.1) is 0 Å². The van der Waals surface area contributed by atoms with Gasteiger partial charge in [-0.15, -0.1) is 19.0 Å². The van der Waals surface area contributed by atoms with E-state index in [4.69, 9.17) is 10.5 Å². The van der Waals surface area contributed by atoms with Crippen LogP contribution in [-0.4, -0.2) is 7.11 Å². The molecule has 1 atom stereocenters. The Bertz CT molecular complexity index is 525. The van der Waals surface area contributed by atoms with Crippen molar-refractivity contribution in [2.45, 2.75) is 6.04 Å². The second kappa shape index (κ2) is 5.71. The molecule has 0 amide bonds. The molecule has 0 aliphatic heterocycles. The van der Waals surface area contributed by atoms with E-state index in [1.54, 1.807) is 13.2 Å². The van der Waals surface area contributed by atoms with E-state index < -0.39 is 0 Å². The van der Waals surface area contributed by atoms with Gasteiger partial charge < -0.3 is 10.5 Å². The van der Waals surface area contributed by atoms with Crippen molar-refractivity contribution in [1.29, 1.82) is 0 Å². The molecule has 2 rings (SSSR count). The lowest BCUT2D eigenvalue weighted by Gasteiger charge is -2.08. The minimum absolute atomic E-state index is 0. The van der Waals surface area contributed by atoms with Crippen molar-refractivity contribution < 1.29 is 4.74 Å². The number of hydrogen-bond donors (Lipinski definition) is 1. The van der Waals surface area contributed by atoms with E-state index >= 15 is 0 Å². The van der Waals surface area contributed by atoms with Gasteiger partial charge in [-0.3, -0.25) is 0 Å². The molecule has 0 aliphatic carbocycles. The molecule has 0 unspecified atom stereocenters. The average Bonchev–Trinajstić information content (AvgIpc) is 2.36. The highest BCUT2D eigenvalue weighted by molar-refractivity contribution is 5.85. The molecule has 0 heterocycles. The second-order valence-electron chi connectivity index (χ2n) is 3.73. The predicted octanol–water partition coefficient (Wildman–Crippen LogP) is 3.46. The SMILES string of the molecule is C=C[C@@H](N)c1ccc2cc(OC)ccc2c1.Cl. The van der Waals surface area contributed by atoms with E-state index in [0.29, 0.717) is 0 Å². The summed E-state index contributed by atoms with van der Waals surface area (Å²) in [5.74, 6) is 0.869. The van der Waals surface area contributed by atoms with Crippen molar-refractivity contribution in [1.82, 2.24) is 0 Å². The Morgan fingerprint density at radius 3 is 2.47 bits per heavy atom. The summed E-state index contributed by atoms with van der Waals surface area (Å²) in [6.07, 6.45) is 1.74. The fraction of sp³-hybridized carbons (Fsp3) is 0.143. The number of halogens is 1. The van der Waals surface area contributed by atoms with Crippen molar-refractivity contribution in [3.8, 4) is 5.75 Å². The number of hydrogen-bond acceptors (Lipinski definition) is 2. The number of rotatable bonds is 3. The molecule has 90 valence electrons. The third kappa shape index (κ3) is 2.78. The lowest BCUT2D eigenvalue weighted by Crippen LogP contribution is -2.05. The van der Waals surface area contributed by atoms with Crippen LogP contribution < -0.4 is 10.5 Å².